The van der Waals surface area contributed by atoms with E-state index in [1.807, 2.05) is 11.3 Å². The van der Waals surface area contributed by atoms with Gasteiger partial charge in [-0.1, -0.05) is 6.42 Å². The number of rotatable bonds is 1. The van der Waals surface area contributed by atoms with E-state index in [4.69, 9.17) is 5.73 Å². The van der Waals surface area contributed by atoms with Gasteiger partial charge in [-0.2, -0.15) is 0 Å². The minimum atomic E-state index is 0.446. The van der Waals surface area contributed by atoms with Crippen LogP contribution in [0.4, 0.5) is 0 Å². The monoisotopic (exact) mass is 195 g/mol. The van der Waals surface area contributed by atoms with Crippen LogP contribution in [-0.4, -0.2) is 6.04 Å². The Morgan fingerprint density at radius 2 is 2.23 bits per heavy atom. The van der Waals surface area contributed by atoms with Crippen LogP contribution in [0.15, 0.2) is 12.1 Å². The van der Waals surface area contributed by atoms with E-state index in [9.17, 15) is 0 Å². The molecule has 1 heterocycles. The maximum Gasteiger partial charge on any atom is 0.00796 e. The Hall–Kier alpha value is -0.340. The predicted octanol–water partition coefficient (Wildman–Crippen LogP) is 3.04. The van der Waals surface area contributed by atoms with Crippen LogP contribution in [0.5, 0.6) is 0 Å². The van der Waals surface area contributed by atoms with Gasteiger partial charge in [0.2, 0.25) is 0 Å². The molecule has 72 valence electrons. The molecule has 2 N–H and O–H groups in total. The van der Waals surface area contributed by atoms with Gasteiger partial charge in [-0.3, -0.25) is 0 Å². The van der Waals surface area contributed by atoms with Crippen LogP contribution in [0, 0.1) is 6.92 Å². The number of hydrogen-bond donors (Lipinski definition) is 1. The molecule has 1 saturated carbocycles. The molecule has 1 aliphatic carbocycles. The van der Waals surface area contributed by atoms with Crippen LogP contribution in [0.3, 0.4) is 0 Å². The molecule has 2 unspecified atom stereocenters. The average molecular weight is 195 g/mol. The molecule has 1 aliphatic rings. The van der Waals surface area contributed by atoms with E-state index in [1.54, 1.807) is 4.88 Å². The summed E-state index contributed by atoms with van der Waals surface area (Å²) < 4.78 is 0. The molecule has 1 aromatic heterocycles. The molecular weight excluding hydrogens is 178 g/mol. The van der Waals surface area contributed by atoms with E-state index < -0.39 is 0 Å². The lowest BCUT2D eigenvalue weighted by Gasteiger charge is -2.25. The number of hydrogen-bond acceptors (Lipinski definition) is 2. The van der Waals surface area contributed by atoms with Crippen LogP contribution in [0.25, 0.3) is 0 Å². The summed E-state index contributed by atoms with van der Waals surface area (Å²) in [5.74, 6) is 0.752. The zero-order valence-electron chi connectivity index (χ0n) is 8.12. The Morgan fingerprint density at radius 1 is 1.38 bits per heavy atom. The standard InChI is InChI=1S/C11H17NS/c1-8-5-6-11(13-8)9-3-2-4-10(12)7-9/h5-6,9-10H,2-4,7,12H2,1H3. The fourth-order valence-corrected chi connectivity index (χ4v) is 3.18. The number of thiophene rings is 1. The van der Waals surface area contributed by atoms with Gasteiger partial charge in [-0.25, -0.2) is 0 Å². The topological polar surface area (TPSA) is 26.0 Å². The quantitative estimate of drug-likeness (QED) is 0.732. The molecular formula is C11H17NS. The van der Waals surface area contributed by atoms with E-state index in [-0.39, 0.29) is 0 Å². The SMILES string of the molecule is Cc1ccc(C2CCCC(N)C2)s1. The van der Waals surface area contributed by atoms with E-state index in [0.717, 1.165) is 5.92 Å². The molecule has 0 bridgehead atoms. The summed E-state index contributed by atoms with van der Waals surface area (Å²) in [6, 6.07) is 4.95. The van der Waals surface area contributed by atoms with Crippen LogP contribution < -0.4 is 5.73 Å². The highest BCUT2D eigenvalue weighted by Crippen LogP contribution is 2.35. The van der Waals surface area contributed by atoms with Gasteiger partial charge >= 0.3 is 0 Å². The maximum absolute atomic E-state index is 5.97. The molecule has 2 atom stereocenters. The third-order valence-electron chi connectivity index (χ3n) is 2.88. The van der Waals surface area contributed by atoms with E-state index in [0.29, 0.717) is 6.04 Å². The molecule has 0 aromatic carbocycles. The Morgan fingerprint density at radius 3 is 2.85 bits per heavy atom. The van der Waals surface area contributed by atoms with Gasteiger partial charge in [0.15, 0.2) is 0 Å². The molecule has 1 nitrogen and oxygen atoms in total. The van der Waals surface area contributed by atoms with Crippen LogP contribution in [0.2, 0.25) is 0 Å². The van der Waals surface area contributed by atoms with Gasteiger partial charge in [0.05, 0.1) is 0 Å². The third kappa shape index (κ3) is 2.12. The minimum absolute atomic E-state index is 0.446. The highest BCUT2D eigenvalue weighted by Gasteiger charge is 2.21. The van der Waals surface area contributed by atoms with Gasteiger partial charge in [-0.05, 0) is 44.2 Å². The van der Waals surface area contributed by atoms with Crippen molar-refractivity contribution < 1.29 is 0 Å². The van der Waals surface area contributed by atoms with Crippen molar-refractivity contribution in [3.8, 4) is 0 Å². The Kier molecular flexibility index (Phi) is 2.70. The van der Waals surface area contributed by atoms with Gasteiger partial charge in [0.1, 0.15) is 0 Å². The molecule has 2 heteroatoms. The second-order valence-electron chi connectivity index (χ2n) is 4.07. The van der Waals surface area contributed by atoms with E-state index in [1.165, 1.54) is 30.6 Å². The van der Waals surface area contributed by atoms with Gasteiger partial charge in [0, 0.05) is 15.8 Å². The lowest BCUT2D eigenvalue weighted by atomic mass is 9.85. The molecule has 13 heavy (non-hydrogen) atoms. The first-order chi connectivity index (χ1) is 6.25. The first kappa shape index (κ1) is 9.22. The molecule has 0 amide bonds. The predicted molar refractivity (Wildman–Crippen MR) is 58.2 cm³/mol. The second-order valence-corrected chi connectivity index (χ2v) is 5.39. The van der Waals surface area contributed by atoms with Crippen molar-refractivity contribution in [2.45, 2.75) is 44.6 Å². The minimum Gasteiger partial charge on any atom is -0.328 e. The molecule has 1 fully saturated rings. The van der Waals surface area contributed by atoms with Crippen molar-refractivity contribution in [3.63, 3.8) is 0 Å². The Labute approximate surface area is 84.0 Å². The molecule has 0 radical (unpaired) electrons. The first-order valence-electron chi connectivity index (χ1n) is 5.07. The largest absolute Gasteiger partial charge is 0.328 e. The second kappa shape index (κ2) is 3.81. The fourth-order valence-electron chi connectivity index (χ4n) is 2.16. The fraction of sp³-hybridized carbons (Fsp3) is 0.636. The zero-order chi connectivity index (χ0) is 9.26. The highest BCUT2D eigenvalue weighted by molar-refractivity contribution is 7.12. The summed E-state index contributed by atoms with van der Waals surface area (Å²) in [5, 5.41) is 0. The summed E-state index contributed by atoms with van der Waals surface area (Å²) in [6.45, 7) is 2.18. The maximum atomic E-state index is 5.97. The molecule has 2 rings (SSSR count). The van der Waals surface area contributed by atoms with Crippen molar-refractivity contribution >= 4 is 11.3 Å². The van der Waals surface area contributed by atoms with Gasteiger partial charge < -0.3 is 5.73 Å². The third-order valence-corrected chi connectivity index (χ3v) is 4.04. The molecule has 0 saturated heterocycles. The normalized spacial score (nSPS) is 29.1. The van der Waals surface area contributed by atoms with Crippen LogP contribution >= 0.6 is 11.3 Å². The summed E-state index contributed by atoms with van der Waals surface area (Å²) in [5.41, 5.74) is 5.97. The summed E-state index contributed by atoms with van der Waals surface area (Å²) in [4.78, 5) is 2.97. The van der Waals surface area contributed by atoms with Crippen LogP contribution in [0.1, 0.15) is 41.4 Å². The van der Waals surface area contributed by atoms with Crippen molar-refractivity contribution in [2.75, 3.05) is 0 Å². The van der Waals surface area contributed by atoms with E-state index in [2.05, 4.69) is 19.1 Å². The summed E-state index contributed by atoms with van der Waals surface area (Å²) >= 11 is 1.94. The van der Waals surface area contributed by atoms with Crippen molar-refractivity contribution in [1.29, 1.82) is 0 Å². The lowest BCUT2D eigenvalue weighted by molar-refractivity contribution is 0.397. The highest BCUT2D eigenvalue weighted by atomic mass is 32.1. The number of nitrogens with two attached hydrogens (primary N) is 1. The van der Waals surface area contributed by atoms with Crippen molar-refractivity contribution in [1.82, 2.24) is 0 Å². The summed E-state index contributed by atoms with van der Waals surface area (Å²) in [6.07, 6.45) is 5.07. The van der Waals surface area contributed by atoms with Crippen LogP contribution in [-0.2, 0) is 0 Å². The summed E-state index contributed by atoms with van der Waals surface area (Å²) in [7, 11) is 0. The Balaban J connectivity index is 2.08. The van der Waals surface area contributed by atoms with Gasteiger partial charge in [0.25, 0.3) is 0 Å². The lowest BCUT2D eigenvalue weighted by Crippen LogP contribution is -2.26. The van der Waals surface area contributed by atoms with Crippen molar-refractivity contribution in [3.05, 3.63) is 21.9 Å². The number of aryl methyl sites for hydroxylation is 1. The zero-order valence-corrected chi connectivity index (χ0v) is 8.94. The smallest absolute Gasteiger partial charge is 0.00796 e. The molecule has 0 spiro atoms. The van der Waals surface area contributed by atoms with Crippen molar-refractivity contribution in [2.24, 2.45) is 5.73 Å². The van der Waals surface area contributed by atoms with E-state index >= 15 is 0 Å². The van der Waals surface area contributed by atoms with Gasteiger partial charge in [-0.15, -0.1) is 11.3 Å². The average Bonchev–Trinajstić information content (AvgIpc) is 2.52. The molecule has 0 aliphatic heterocycles. The Bertz CT molecular complexity index is 279. The molecule has 1 aromatic rings. The first-order valence-corrected chi connectivity index (χ1v) is 5.89.